The van der Waals surface area contributed by atoms with Crippen LogP contribution in [0.5, 0.6) is 5.75 Å². The van der Waals surface area contributed by atoms with Crippen molar-refractivity contribution in [3.05, 3.63) is 64.7 Å². The standard InChI is InChI=1S/C23H30FN7O/c1-4-28-22-14(11-25)8-19(31-30-5-2)21(26)17-7-6-16(24)10-18(17)13(3)32-20-9-15(22)12-29-23(20)27/h6-7,9-13,19,26,30-31H,4-5,8,25H2,1-3H3,(H2,27,29). The molecule has 1 aliphatic rings. The van der Waals surface area contributed by atoms with E-state index >= 15 is 0 Å². The highest BCUT2D eigenvalue weighted by Crippen LogP contribution is 2.31. The van der Waals surface area contributed by atoms with E-state index in [4.69, 9.17) is 21.6 Å². The summed E-state index contributed by atoms with van der Waals surface area (Å²) >= 11 is 0. The van der Waals surface area contributed by atoms with E-state index in [-0.39, 0.29) is 11.5 Å². The minimum Gasteiger partial charge on any atom is -0.482 e. The van der Waals surface area contributed by atoms with Gasteiger partial charge in [-0.1, -0.05) is 6.92 Å². The first-order chi connectivity index (χ1) is 15.4. The molecule has 0 spiro atoms. The molecule has 2 unspecified atom stereocenters. The predicted molar refractivity (Wildman–Crippen MR) is 125 cm³/mol. The zero-order valence-corrected chi connectivity index (χ0v) is 18.6. The molecule has 2 atom stereocenters. The molecule has 0 amide bonds. The van der Waals surface area contributed by atoms with Gasteiger partial charge in [0, 0.05) is 36.0 Å². The Morgan fingerprint density at radius 3 is 2.81 bits per heavy atom. The van der Waals surface area contributed by atoms with Crippen LogP contribution >= 0.6 is 0 Å². The summed E-state index contributed by atoms with van der Waals surface area (Å²) in [6, 6.07) is 5.65. The van der Waals surface area contributed by atoms with Crippen molar-refractivity contribution in [1.82, 2.24) is 15.8 Å². The lowest BCUT2D eigenvalue weighted by molar-refractivity contribution is 0.226. The Morgan fingerprint density at radius 1 is 1.34 bits per heavy atom. The minimum absolute atomic E-state index is 0.214. The number of nitrogen functional groups attached to an aromatic ring is 1. The van der Waals surface area contributed by atoms with Crippen LogP contribution in [0, 0.1) is 11.2 Å². The average molecular weight is 440 g/mol. The number of fused-ring (bicyclic) bond motifs is 3. The lowest BCUT2D eigenvalue weighted by Gasteiger charge is -2.26. The molecular formula is C23H30FN7O. The molecule has 32 heavy (non-hydrogen) atoms. The summed E-state index contributed by atoms with van der Waals surface area (Å²) in [7, 11) is 0. The third-order valence-corrected chi connectivity index (χ3v) is 5.25. The van der Waals surface area contributed by atoms with Gasteiger partial charge in [-0.15, -0.1) is 0 Å². The summed E-state index contributed by atoms with van der Waals surface area (Å²) in [5, 5.41) is 8.96. The summed E-state index contributed by atoms with van der Waals surface area (Å²) in [5.41, 5.74) is 21.9. The van der Waals surface area contributed by atoms with Crippen molar-refractivity contribution < 1.29 is 9.13 Å². The third-order valence-electron chi connectivity index (χ3n) is 5.25. The maximum absolute atomic E-state index is 14.2. The largest absolute Gasteiger partial charge is 0.482 e. The van der Waals surface area contributed by atoms with E-state index in [1.165, 1.54) is 18.3 Å². The molecule has 1 aromatic carbocycles. The molecule has 2 heterocycles. The molecule has 8 nitrogen and oxygen atoms in total. The smallest absolute Gasteiger partial charge is 0.166 e. The second-order valence-corrected chi connectivity index (χ2v) is 7.46. The van der Waals surface area contributed by atoms with Crippen LogP contribution in [0.2, 0.25) is 0 Å². The predicted octanol–water partition coefficient (Wildman–Crippen LogP) is 2.85. The van der Waals surface area contributed by atoms with Crippen molar-refractivity contribution in [2.45, 2.75) is 39.3 Å². The third kappa shape index (κ3) is 4.95. The lowest BCUT2D eigenvalue weighted by Crippen LogP contribution is -2.46. The second kappa shape index (κ2) is 10.3. The number of aromatic nitrogens is 1. The van der Waals surface area contributed by atoms with Crippen LogP contribution in [-0.4, -0.2) is 35.5 Å². The zero-order valence-electron chi connectivity index (χ0n) is 18.6. The fourth-order valence-electron chi connectivity index (χ4n) is 3.69. The van der Waals surface area contributed by atoms with E-state index in [1.807, 2.05) is 13.8 Å². The summed E-state index contributed by atoms with van der Waals surface area (Å²) < 4.78 is 20.3. The Hall–Kier alpha value is -3.30. The van der Waals surface area contributed by atoms with Gasteiger partial charge in [-0.05, 0) is 56.3 Å². The number of nitrogens with zero attached hydrogens (tertiary/aromatic N) is 2. The molecule has 170 valence electrons. The van der Waals surface area contributed by atoms with Crippen molar-refractivity contribution in [3.8, 4) is 5.75 Å². The van der Waals surface area contributed by atoms with Crippen LogP contribution in [0.25, 0.3) is 0 Å². The van der Waals surface area contributed by atoms with E-state index in [0.29, 0.717) is 47.7 Å². The molecule has 7 N–H and O–H groups in total. The minimum atomic E-state index is -0.573. The van der Waals surface area contributed by atoms with Gasteiger partial charge in [-0.25, -0.2) is 14.8 Å². The summed E-state index contributed by atoms with van der Waals surface area (Å²) in [6.45, 7) is 6.87. The summed E-state index contributed by atoms with van der Waals surface area (Å²) in [6.07, 6.45) is 2.93. The highest BCUT2D eigenvalue weighted by molar-refractivity contribution is 6.14. The van der Waals surface area contributed by atoms with Gasteiger partial charge in [0.2, 0.25) is 0 Å². The second-order valence-electron chi connectivity index (χ2n) is 7.46. The quantitative estimate of drug-likeness (QED) is 0.465. The number of nitrogens with one attached hydrogen (secondary N) is 3. The van der Waals surface area contributed by atoms with Crippen molar-refractivity contribution >= 4 is 17.2 Å². The van der Waals surface area contributed by atoms with Gasteiger partial charge in [0.15, 0.2) is 11.6 Å². The number of aliphatic imine (C=N–C) groups is 1. The van der Waals surface area contributed by atoms with Gasteiger partial charge >= 0.3 is 0 Å². The van der Waals surface area contributed by atoms with Crippen molar-refractivity contribution in [2.24, 2.45) is 10.7 Å². The van der Waals surface area contributed by atoms with E-state index < -0.39 is 18.0 Å². The molecule has 1 aromatic heterocycles. The maximum Gasteiger partial charge on any atom is 0.166 e. The number of halogens is 1. The first-order valence-corrected chi connectivity index (χ1v) is 10.6. The molecule has 0 fully saturated rings. The van der Waals surface area contributed by atoms with Gasteiger partial charge in [0.1, 0.15) is 11.9 Å². The molecule has 3 rings (SSSR count). The number of hydrogen-bond donors (Lipinski definition) is 5. The Bertz CT molecular complexity index is 1050. The van der Waals surface area contributed by atoms with Gasteiger partial charge in [-0.2, -0.15) is 0 Å². The molecule has 0 aliphatic carbocycles. The number of hydrogen-bond acceptors (Lipinski definition) is 8. The van der Waals surface area contributed by atoms with Crippen LogP contribution in [0.15, 0.2) is 47.2 Å². The Labute approximate surface area is 187 Å². The normalized spacial score (nSPS) is 21.6. The number of hydrazine groups is 1. The van der Waals surface area contributed by atoms with Crippen LogP contribution in [0.3, 0.4) is 0 Å². The number of ether oxygens (including phenoxy) is 1. The SMILES string of the molecule is CCN=C1C(=CN)CC(NNCC)C(=N)c2ccc(F)cc2C(C)Oc2cc1cnc2N. The lowest BCUT2D eigenvalue weighted by atomic mass is 9.90. The monoisotopic (exact) mass is 439 g/mol. The molecule has 0 saturated carbocycles. The first kappa shape index (κ1) is 23.4. The molecule has 2 bridgehead atoms. The Kier molecular flexibility index (Phi) is 7.55. The molecule has 1 aliphatic heterocycles. The number of benzene rings is 1. The number of rotatable bonds is 4. The van der Waals surface area contributed by atoms with Crippen molar-refractivity contribution in [2.75, 3.05) is 18.8 Å². The van der Waals surface area contributed by atoms with Gasteiger partial charge in [-0.3, -0.25) is 10.4 Å². The summed E-state index contributed by atoms with van der Waals surface area (Å²) in [4.78, 5) is 8.93. The summed E-state index contributed by atoms with van der Waals surface area (Å²) in [5.74, 6) is 0.168. The fraction of sp³-hybridized carbons (Fsp3) is 0.348. The van der Waals surface area contributed by atoms with Crippen LogP contribution in [0.1, 0.15) is 50.0 Å². The van der Waals surface area contributed by atoms with Gasteiger partial charge in [0.25, 0.3) is 0 Å². The van der Waals surface area contributed by atoms with Gasteiger partial charge in [0.05, 0.1) is 17.5 Å². The molecule has 2 aromatic rings. The Balaban J connectivity index is 2.23. The zero-order chi connectivity index (χ0) is 23.3. The van der Waals surface area contributed by atoms with Crippen LogP contribution in [-0.2, 0) is 0 Å². The molecular weight excluding hydrogens is 409 g/mol. The molecule has 9 heteroatoms. The highest BCUT2D eigenvalue weighted by Gasteiger charge is 2.26. The highest BCUT2D eigenvalue weighted by atomic mass is 19.1. The number of pyridine rings is 1. The topological polar surface area (TPSA) is 134 Å². The average Bonchev–Trinajstić information content (AvgIpc) is 2.78. The maximum atomic E-state index is 14.2. The Morgan fingerprint density at radius 2 is 2.12 bits per heavy atom. The van der Waals surface area contributed by atoms with Crippen LogP contribution in [0.4, 0.5) is 10.2 Å². The van der Waals surface area contributed by atoms with Crippen molar-refractivity contribution in [3.63, 3.8) is 0 Å². The van der Waals surface area contributed by atoms with E-state index in [9.17, 15) is 4.39 Å². The van der Waals surface area contributed by atoms with Crippen molar-refractivity contribution in [1.29, 1.82) is 5.41 Å². The van der Waals surface area contributed by atoms with Gasteiger partial charge < -0.3 is 21.6 Å². The number of nitrogens with two attached hydrogens (primary N) is 2. The number of anilines is 1. The van der Waals surface area contributed by atoms with E-state index in [0.717, 1.165) is 5.57 Å². The van der Waals surface area contributed by atoms with Crippen LogP contribution < -0.4 is 27.1 Å². The van der Waals surface area contributed by atoms with E-state index in [1.54, 1.807) is 25.3 Å². The molecule has 0 radical (unpaired) electrons. The van der Waals surface area contributed by atoms with E-state index in [2.05, 4.69) is 20.8 Å². The fourth-order valence-corrected chi connectivity index (χ4v) is 3.69. The first-order valence-electron chi connectivity index (χ1n) is 10.6. The molecule has 0 saturated heterocycles.